The second-order valence-electron chi connectivity index (χ2n) is 6.93. The van der Waals surface area contributed by atoms with Gasteiger partial charge >= 0.3 is 0 Å². The van der Waals surface area contributed by atoms with E-state index in [1.807, 2.05) is 30.3 Å². The van der Waals surface area contributed by atoms with Crippen molar-refractivity contribution in [2.24, 2.45) is 5.73 Å². The van der Waals surface area contributed by atoms with Gasteiger partial charge in [-0.05, 0) is 36.6 Å². The summed E-state index contributed by atoms with van der Waals surface area (Å²) in [4.78, 5) is 16.4. The van der Waals surface area contributed by atoms with Gasteiger partial charge in [0.25, 0.3) is 5.91 Å². The summed E-state index contributed by atoms with van der Waals surface area (Å²) in [5.74, 6) is -0.0612. The molecule has 0 aliphatic heterocycles. The van der Waals surface area contributed by atoms with Crippen molar-refractivity contribution in [3.63, 3.8) is 0 Å². The molecule has 0 bridgehead atoms. The first-order valence-corrected chi connectivity index (χ1v) is 9.06. The first-order valence-electron chi connectivity index (χ1n) is 9.06. The number of nitrogens with two attached hydrogens (primary N) is 1. The number of rotatable bonds is 5. The lowest BCUT2D eigenvalue weighted by Crippen LogP contribution is -2.13. The Morgan fingerprint density at radius 3 is 2.61 bits per heavy atom. The minimum atomic E-state index is -0.563. The number of carbonyl (C=O) groups is 1. The van der Waals surface area contributed by atoms with Gasteiger partial charge < -0.3 is 10.3 Å². The normalized spacial score (nSPS) is 13.6. The van der Waals surface area contributed by atoms with Crippen LogP contribution in [0.25, 0.3) is 33.6 Å². The molecule has 1 aliphatic rings. The monoisotopic (exact) mass is 371 g/mol. The molecule has 1 aliphatic carbocycles. The third-order valence-electron chi connectivity index (χ3n) is 4.94. The molecular weight excluding hydrogens is 354 g/mol. The first-order chi connectivity index (χ1) is 13.7. The summed E-state index contributed by atoms with van der Waals surface area (Å²) in [6.07, 6.45) is 5.62. The van der Waals surface area contributed by atoms with E-state index in [1.165, 1.54) is 6.26 Å². The average Bonchev–Trinajstić information content (AvgIpc) is 3.21. The van der Waals surface area contributed by atoms with Crippen LogP contribution >= 0.6 is 0 Å². The number of aromatic nitrogens is 4. The summed E-state index contributed by atoms with van der Waals surface area (Å²) in [6, 6.07) is 13.3. The molecule has 1 amide bonds. The molecule has 5 rings (SSSR count). The predicted octanol–water partition coefficient (Wildman–Crippen LogP) is 3.77. The van der Waals surface area contributed by atoms with Crippen molar-refractivity contribution in [1.29, 1.82) is 0 Å². The lowest BCUT2D eigenvalue weighted by Gasteiger charge is -2.09. The van der Waals surface area contributed by atoms with Crippen molar-refractivity contribution in [3.05, 3.63) is 66.3 Å². The lowest BCUT2D eigenvalue weighted by molar-refractivity contribution is 0.0995. The van der Waals surface area contributed by atoms with Crippen molar-refractivity contribution in [2.45, 2.75) is 18.8 Å². The molecule has 3 N–H and O–H groups in total. The van der Waals surface area contributed by atoms with E-state index in [4.69, 9.17) is 10.3 Å². The average molecular weight is 371 g/mol. The molecule has 0 spiro atoms. The summed E-state index contributed by atoms with van der Waals surface area (Å²) in [6.45, 7) is 0. The van der Waals surface area contributed by atoms with Crippen molar-refractivity contribution < 1.29 is 9.32 Å². The Morgan fingerprint density at radius 1 is 1.07 bits per heavy atom. The SMILES string of the molecule is NC(=O)c1cc(-c2cn[nH]c2C2CC2)cc(-c2cccc(-c3ccon3)c2)n1. The van der Waals surface area contributed by atoms with Crippen molar-refractivity contribution in [1.82, 2.24) is 20.3 Å². The zero-order chi connectivity index (χ0) is 19.1. The third-order valence-corrected chi connectivity index (χ3v) is 4.94. The first kappa shape index (κ1) is 16.4. The van der Waals surface area contributed by atoms with Gasteiger partial charge in [-0.15, -0.1) is 0 Å². The number of carbonyl (C=O) groups excluding carboxylic acids is 1. The van der Waals surface area contributed by atoms with Crippen LogP contribution in [-0.2, 0) is 0 Å². The highest BCUT2D eigenvalue weighted by atomic mass is 16.5. The Bertz CT molecular complexity index is 1160. The number of hydrogen-bond donors (Lipinski definition) is 2. The van der Waals surface area contributed by atoms with E-state index in [2.05, 4.69) is 20.3 Å². The maximum absolute atomic E-state index is 11.9. The van der Waals surface area contributed by atoms with E-state index in [9.17, 15) is 4.79 Å². The Hall–Kier alpha value is -3.74. The van der Waals surface area contributed by atoms with Gasteiger partial charge in [0.2, 0.25) is 0 Å². The van der Waals surface area contributed by atoms with Crippen LogP contribution in [0, 0.1) is 0 Å². The zero-order valence-electron chi connectivity index (χ0n) is 14.9. The summed E-state index contributed by atoms with van der Waals surface area (Å²) in [7, 11) is 0. The van der Waals surface area contributed by atoms with E-state index in [0.717, 1.165) is 46.5 Å². The van der Waals surface area contributed by atoms with Crippen molar-refractivity contribution in [3.8, 4) is 33.6 Å². The number of primary amides is 1. The standard InChI is InChI=1S/C21H17N5O2/c22-21(27)19-10-15(16-11-23-25-20(16)12-4-5-12)9-18(24-19)14-3-1-2-13(8-14)17-6-7-28-26-17/h1-3,6-12H,4-5H2,(H2,22,27)(H,23,25). The number of pyridine rings is 1. The molecule has 28 heavy (non-hydrogen) atoms. The van der Waals surface area contributed by atoms with Gasteiger partial charge in [-0.2, -0.15) is 5.10 Å². The fourth-order valence-electron chi connectivity index (χ4n) is 3.37. The van der Waals surface area contributed by atoms with Crippen LogP contribution in [-0.4, -0.2) is 26.2 Å². The van der Waals surface area contributed by atoms with Crippen LogP contribution in [0.15, 0.2) is 59.4 Å². The van der Waals surface area contributed by atoms with Crippen LogP contribution in [0.5, 0.6) is 0 Å². The van der Waals surface area contributed by atoms with E-state index < -0.39 is 5.91 Å². The molecule has 3 aromatic heterocycles. The lowest BCUT2D eigenvalue weighted by atomic mass is 9.99. The van der Waals surface area contributed by atoms with Crippen LogP contribution < -0.4 is 5.73 Å². The minimum Gasteiger partial charge on any atom is -0.364 e. The van der Waals surface area contributed by atoms with Crippen LogP contribution in [0.2, 0.25) is 0 Å². The Balaban J connectivity index is 1.64. The summed E-state index contributed by atoms with van der Waals surface area (Å²) >= 11 is 0. The van der Waals surface area contributed by atoms with Crippen LogP contribution in [0.4, 0.5) is 0 Å². The number of benzene rings is 1. The van der Waals surface area contributed by atoms with Crippen LogP contribution in [0.1, 0.15) is 34.9 Å². The number of nitrogens with one attached hydrogen (secondary N) is 1. The molecule has 7 nitrogen and oxygen atoms in total. The summed E-state index contributed by atoms with van der Waals surface area (Å²) < 4.78 is 4.94. The molecule has 0 unspecified atom stereocenters. The molecule has 1 aromatic carbocycles. The Labute approximate surface area is 160 Å². The molecule has 3 heterocycles. The topological polar surface area (TPSA) is 111 Å². The third kappa shape index (κ3) is 2.96. The van der Waals surface area contributed by atoms with E-state index in [-0.39, 0.29) is 5.69 Å². The van der Waals surface area contributed by atoms with E-state index in [0.29, 0.717) is 11.6 Å². The summed E-state index contributed by atoms with van der Waals surface area (Å²) in [5, 5.41) is 11.3. The van der Waals surface area contributed by atoms with E-state index in [1.54, 1.807) is 18.3 Å². The molecular formula is C21H17N5O2. The van der Waals surface area contributed by atoms with Gasteiger partial charge in [0.1, 0.15) is 17.7 Å². The molecule has 0 radical (unpaired) electrons. The Morgan fingerprint density at radius 2 is 1.89 bits per heavy atom. The number of H-pyrrole nitrogens is 1. The molecule has 1 saturated carbocycles. The largest absolute Gasteiger partial charge is 0.364 e. The zero-order valence-corrected chi connectivity index (χ0v) is 14.9. The predicted molar refractivity (Wildman–Crippen MR) is 103 cm³/mol. The van der Waals surface area contributed by atoms with Gasteiger partial charge in [-0.3, -0.25) is 9.89 Å². The van der Waals surface area contributed by atoms with Crippen LogP contribution in [0.3, 0.4) is 0 Å². The number of amides is 1. The van der Waals surface area contributed by atoms with Gasteiger partial charge in [0.05, 0.1) is 11.9 Å². The van der Waals surface area contributed by atoms with Gasteiger partial charge in [0.15, 0.2) is 0 Å². The number of nitrogens with zero attached hydrogens (tertiary/aromatic N) is 3. The number of aromatic amines is 1. The van der Waals surface area contributed by atoms with Crippen molar-refractivity contribution >= 4 is 5.91 Å². The Kier molecular flexibility index (Phi) is 3.79. The quantitative estimate of drug-likeness (QED) is 0.555. The maximum atomic E-state index is 11.9. The molecule has 138 valence electrons. The molecule has 0 atom stereocenters. The molecule has 4 aromatic rings. The second-order valence-corrected chi connectivity index (χ2v) is 6.93. The van der Waals surface area contributed by atoms with Gasteiger partial charge in [-0.1, -0.05) is 23.4 Å². The highest BCUT2D eigenvalue weighted by Gasteiger charge is 2.28. The highest BCUT2D eigenvalue weighted by Crippen LogP contribution is 2.43. The minimum absolute atomic E-state index is 0.224. The number of hydrogen-bond acceptors (Lipinski definition) is 5. The highest BCUT2D eigenvalue weighted by molar-refractivity contribution is 5.93. The maximum Gasteiger partial charge on any atom is 0.267 e. The van der Waals surface area contributed by atoms with Gasteiger partial charge in [0, 0.05) is 34.4 Å². The fourth-order valence-corrected chi connectivity index (χ4v) is 3.37. The van der Waals surface area contributed by atoms with Gasteiger partial charge in [-0.25, -0.2) is 4.98 Å². The smallest absolute Gasteiger partial charge is 0.267 e. The van der Waals surface area contributed by atoms with E-state index >= 15 is 0 Å². The second kappa shape index (κ2) is 6.45. The molecule has 7 heteroatoms. The summed E-state index contributed by atoms with van der Waals surface area (Å²) in [5.41, 5.74) is 11.9. The van der Waals surface area contributed by atoms with Crippen molar-refractivity contribution in [2.75, 3.05) is 0 Å². The fraction of sp³-hybridized carbons (Fsp3) is 0.143. The molecule has 0 saturated heterocycles. The molecule has 1 fully saturated rings.